The van der Waals surface area contributed by atoms with Gasteiger partial charge in [-0.3, -0.25) is 4.79 Å². The second kappa shape index (κ2) is 8.06. The van der Waals surface area contributed by atoms with Gasteiger partial charge in [-0.25, -0.2) is 0 Å². The predicted molar refractivity (Wildman–Crippen MR) is 103 cm³/mol. The molecule has 0 spiro atoms. The van der Waals surface area contributed by atoms with Gasteiger partial charge in [0.05, 0.1) is 12.2 Å². The zero-order valence-electron chi connectivity index (χ0n) is 14.9. The molecule has 0 radical (unpaired) electrons. The number of aldehydes is 1. The van der Waals surface area contributed by atoms with E-state index in [-0.39, 0.29) is 17.2 Å². The number of nitrogens with zero attached hydrogens (tertiary/aromatic N) is 1. The number of allylic oxidation sites excluding steroid dienone is 1. The van der Waals surface area contributed by atoms with Gasteiger partial charge in [0, 0.05) is 0 Å². The molecule has 2 aromatic carbocycles. The Morgan fingerprint density at radius 1 is 1.04 bits per heavy atom. The summed E-state index contributed by atoms with van der Waals surface area (Å²) in [4.78, 5) is 10.9. The lowest BCUT2D eigenvalue weighted by molar-refractivity contribution is -0.104. The van der Waals surface area contributed by atoms with E-state index in [9.17, 15) is 4.79 Å². The van der Waals surface area contributed by atoms with E-state index in [2.05, 4.69) is 45.0 Å². The van der Waals surface area contributed by atoms with Gasteiger partial charge in [-0.15, -0.1) is 0 Å². The fourth-order valence-corrected chi connectivity index (χ4v) is 7.63. The Labute approximate surface area is 150 Å². The fourth-order valence-electron chi connectivity index (χ4n) is 3.14. The second-order valence-electron chi connectivity index (χ2n) is 6.86. The maximum absolute atomic E-state index is 10.9. The van der Waals surface area contributed by atoms with E-state index in [1.165, 1.54) is 10.4 Å². The monoisotopic (exact) mass is 349 g/mol. The van der Waals surface area contributed by atoms with Crippen molar-refractivity contribution >= 4 is 25.0 Å². The molecular weight excluding hydrogens is 326 g/mol. The van der Waals surface area contributed by atoms with Gasteiger partial charge in [0.2, 0.25) is 0 Å². The number of hydrogen-bond acceptors (Lipinski definition) is 3. The highest BCUT2D eigenvalue weighted by Gasteiger charge is 2.49. The van der Waals surface area contributed by atoms with Crippen LogP contribution in [-0.4, -0.2) is 21.2 Å². The molecule has 2 rings (SSSR count). The standard InChI is InChI=1S/C21H23NO2Si/c1-21(2,3)25(19-10-6-4-7-11-19,20-12-8-5-9-13-20)24-15-14-18(16-22)17-23/h4-14,17H,15H2,1-3H3/b18-14+. The first-order valence-electron chi connectivity index (χ1n) is 8.26. The summed E-state index contributed by atoms with van der Waals surface area (Å²) in [6.07, 6.45) is 2.13. The van der Waals surface area contributed by atoms with E-state index in [4.69, 9.17) is 9.69 Å². The fraction of sp³-hybridized carbons (Fsp3) is 0.238. The van der Waals surface area contributed by atoms with E-state index in [1.807, 2.05) is 42.5 Å². The maximum atomic E-state index is 10.9. The van der Waals surface area contributed by atoms with Crippen molar-refractivity contribution in [3.05, 3.63) is 72.3 Å². The summed E-state index contributed by atoms with van der Waals surface area (Å²) in [6.45, 7) is 6.80. The van der Waals surface area contributed by atoms with Crippen LogP contribution in [0.1, 0.15) is 20.8 Å². The third-order valence-electron chi connectivity index (χ3n) is 4.28. The Hall–Kier alpha value is -2.48. The lowest BCUT2D eigenvalue weighted by atomic mass is 10.2. The van der Waals surface area contributed by atoms with Crippen molar-refractivity contribution in [3.63, 3.8) is 0 Å². The molecule has 0 N–H and O–H groups in total. The van der Waals surface area contributed by atoms with Gasteiger partial charge in [-0.05, 0) is 21.5 Å². The van der Waals surface area contributed by atoms with Crippen LogP contribution in [0.4, 0.5) is 0 Å². The predicted octanol–water partition coefficient (Wildman–Crippen LogP) is 3.21. The molecule has 25 heavy (non-hydrogen) atoms. The molecule has 128 valence electrons. The first-order valence-corrected chi connectivity index (χ1v) is 10.2. The summed E-state index contributed by atoms with van der Waals surface area (Å²) in [5, 5.41) is 11.2. The van der Waals surface area contributed by atoms with Gasteiger partial charge < -0.3 is 4.43 Å². The molecule has 0 aliphatic rings. The van der Waals surface area contributed by atoms with Gasteiger partial charge in [0.1, 0.15) is 6.07 Å². The summed E-state index contributed by atoms with van der Waals surface area (Å²) in [5.41, 5.74) is 0.0953. The number of nitriles is 1. The van der Waals surface area contributed by atoms with Gasteiger partial charge in [0.25, 0.3) is 8.32 Å². The number of carbonyl (C=O) groups excluding carboxylic acids is 1. The maximum Gasteiger partial charge on any atom is 0.261 e. The number of hydrogen-bond donors (Lipinski definition) is 0. The molecule has 0 fully saturated rings. The molecule has 4 heteroatoms. The Morgan fingerprint density at radius 2 is 1.52 bits per heavy atom. The molecule has 0 unspecified atom stereocenters. The number of rotatable bonds is 6. The van der Waals surface area contributed by atoms with Crippen molar-refractivity contribution in [3.8, 4) is 6.07 Å². The first-order chi connectivity index (χ1) is 12.0. The number of carbonyl (C=O) groups is 1. The van der Waals surface area contributed by atoms with Crippen LogP contribution in [0.2, 0.25) is 5.04 Å². The second-order valence-corrected chi connectivity index (χ2v) is 11.2. The summed E-state index contributed by atoms with van der Waals surface area (Å²) < 4.78 is 6.55. The Bertz CT molecular complexity index is 732. The lowest BCUT2D eigenvalue weighted by Gasteiger charge is -2.42. The van der Waals surface area contributed by atoms with Crippen molar-refractivity contribution in [2.45, 2.75) is 25.8 Å². The lowest BCUT2D eigenvalue weighted by Crippen LogP contribution is -2.66. The van der Waals surface area contributed by atoms with E-state index in [0.29, 0.717) is 6.29 Å². The highest BCUT2D eigenvalue weighted by atomic mass is 28.4. The molecule has 0 bridgehead atoms. The van der Waals surface area contributed by atoms with Crippen LogP contribution in [0.3, 0.4) is 0 Å². The molecule has 0 aliphatic heterocycles. The molecule has 0 heterocycles. The molecule has 2 aromatic rings. The zero-order valence-corrected chi connectivity index (χ0v) is 15.9. The smallest absolute Gasteiger partial charge is 0.261 e. The van der Waals surface area contributed by atoms with Crippen molar-refractivity contribution < 1.29 is 9.22 Å². The molecule has 0 amide bonds. The van der Waals surface area contributed by atoms with Crippen LogP contribution in [0.25, 0.3) is 0 Å². The molecule has 3 nitrogen and oxygen atoms in total. The van der Waals surface area contributed by atoms with E-state index < -0.39 is 8.32 Å². The van der Waals surface area contributed by atoms with Crippen LogP contribution in [-0.2, 0) is 9.22 Å². The van der Waals surface area contributed by atoms with Crippen molar-refractivity contribution in [2.75, 3.05) is 6.61 Å². The Balaban J connectivity index is 2.59. The van der Waals surface area contributed by atoms with Gasteiger partial charge in [-0.2, -0.15) is 5.26 Å². The van der Waals surface area contributed by atoms with Gasteiger partial charge in [-0.1, -0.05) is 81.4 Å². The summed E-state index contributed by atoms with van der Waals surface area (Å²) in [6, 6.07) is 22.4. The van der Waals surface area contributed by atoms with E-state index in [0.717, 1.165) is 0 Å². The van der Waals surface area contributed by atoms with Crippen LogP contribution in [0.5, 0.6) is 0 Å². The van der Waals surface area contributed by atoms with E-state index in [1.54, 1.807) is 6.08 Å². The minimum Gasteiger partial charge on any atom is -0.404 e. The highest BCUT2D eigenvalue weighted by Crippen LogP contribution is 2.36. The average molecular weight is 350 g/mol. The minimum atomic E-state index is -2.61. The van der Waals surface area contributed by atoms with Crippen LogP contribution < -0.4 is 10.4 Å². The average Bonchev–Trinajstić information content (AvgIpc) is 2.62. The third kappa shape index (κ3) is 3.96. The van der Waals surface area contributed by atoms with Crippen molar-refractivity contribution in [1.82, 2.24) is 0 Å². The third-order valence-corrected chi connectivity index (χ3v) is 9.28. The quantitative estimate of drug-likeness (QED) is 0.348. The molecule has 0 atom stereocenters. The van der Waals surface area contributed by atoms with Gasteiger partial charge in [0.15, 0.2) is 6.29 Å². The Kier molecular flexibility index (Phi) is 6.08. The SMILES string of the molecule is CC(C)(C)[Si](OC/C=C(\C#N)C=O)(c1ccccc1)c1ccccc1. The van der Waals surface area contributed by atoms with Crippen molar-refractivity contribution in [1.29, 1.82) is 5.26 Å². The Morgan fingerprint density at radius 3 is 1.88 bits per heavy atom. The van der Waals surface area contributed by atoms with Gasteiger partial charge >= 0.3 is 0 Å². The van der Waals surface area contributed by atoms with Crippen LogP contribution >= 0.6 is 0 Å². The highest BCUT2D eigenvalue weighted by molar-refractivity contribution is 6.99. The topological polar surface area (TPSA) is 50.1 Å². The molecule has 0 saturated heterocycles. The summed E-state index contributed by atoms with van der Waals surface area (Å²) in [7, 11) is -2.61. The number of benzene rings is 2. The molecule has 0 aromatic heterocycles. The largest absolute Gasteiger partial charge is 0.404 e. The minimum absolute atomic E-state index is 0.0953. The summed E-state index contributed by atoms with van der Waals surface area (Å²) in [5.74, 6) is 0. The van der Waals surface area contributed by atoms with E-state index >= 15 is 0 Å². The normalized spacial score (nSPS) is 12.5. The van der Waals surface area contributed by atoms with Crippen molar-refractivity contribution in [2.24, 2.45) is 0 Å². The molecule has 0 saturated carbocycles. The molecule has 0 aliphatic carbocycles. The zero-order chi connectivity index (χ0) is 18.3. The summed E-state index contributed by atoms with van der Waals surface area (Å²) >= 11 is 0. The first kappa shape index (κ1) is 18.8. The van der Waals surface area contributed by atoms with Crippen LogP contribution in [0.15, 0.2) is 72.3 Å². The van der Waals surface area contributed by atoms with Crippen LogP contribution in [0, 0.1) is 11.3 Å². The molecular formula is C21H23NO2Si.